The van der Waals surface area contributed by atoms with Crippen molar-refractivity contribution in [1.29, 1.82) is 0 Å². The number of aryl methyl sites for hydroxylation is 1. The highest BCUT2D eigenvalue weighted by Crippen LogP contribution is 2.23. The highest BCUT2D eigenvalue weighted by molar-refractivity contribution is 5.86. The zero-order valence-electron chi connectivity index (χ0n) is 12.8. The fourth-order valence-corrected chi connectivity index (χ4v) is 2.61. The molecule has 0 fully saturated rings. The fraction of sp³-hybridized carbons (Fsp3) is 0.235. The van der Waals surface area contributed by atoms with E-state index in [9.17, 15) is 4.39 Å². The van der Waals surface area contributed by atoms with Crippen LogP contribution in [0.2, 0.25) is 0 Å². The molecule has 6 heteroatoms. The van der Waals surface area contributed by atoms with Crippen molar-refractivity contribution in [2.75, 3.05) is 6.54 Å². The van der Waals surface area contributed by atoms with E-state index in [2.05, 4.69) is 15.3 Å². The van der Waals surface area contributed by atoms with Gasteiger partial charge in [0, 0.05) is 29.3 Å². The van der Waals surface area contributed by atoms with Crippen molar-refractivity contribution in [2.24, 2.45) is 0 Å². The number of aromatic amines is 1. The molecule has 0 saturated carbocycles. The number of rotatable bonds is 5. The molecule has 0 unspecified atom stereocenters. The molecule has 2 aromatic heterocycles. The Hall–Kier alpha value is -1.62. The third-order valence-corrected chi connectivity index (χ3v) is 3.67. The first-order valence-electron chi connectivity index (χ1n) is 7.11. The van der Waals surface area contributed by atoms with Gasteiger partial charge in [0.2, 0.25) is 0 Å². The zero-order valence-corrected chi connectivity index (χ0v) is 14.4. The number of aromatic nitrogens is 2. The number of pyridine rings is 1. The average Bonchev–Trinajstić information content (AvgIpc) is 2.80. The minimum absolute atomic E-state index is 0. The van der Waals surface area contributed by atoms with Crippen molar-refractivity contribution in [3.8, 4) is 0 Å². The van der Waals surface area contributed by atoms with Gasteiger partial charge in [-0.2, -0.15) is 0 Å². The number of nitrogens with zero attached hydrogens (tertiary/aromatic N) is 1. The quantitative estimate of drug-likeness (QED) is 0.673. The van der Waals surface area contributed by atoms with Gasteiger partial charge < -0.3 is 10.3 Å². The first kappa shape index (κ1) is 19.4. The molecule has 0 aliphatic heterocycles. The minimum atomic E-state index is -0.191. The predicted octanol–water partition coefficient (Wildman–Crippen LogP) is 4.19. The van der Waals surface area contributed by atoms with Gasteiger partial charge in [-0.25, -0.2) is 4.39 Å². The van der Waals surface area contributed by atoms with E-state index in [4.69, 9.17) is 0 Å². The lowest BCUT2D eigenvalue weighted by atomic mass is 10.1. The number of hydrogen-bond donors (Lipinski definition) is 2. The third-order valence-electron chi connectivity index (χ3n) is 3.67. The summed E-state index contributed by atoms with van der Waals surface area (Å²) in [6, 6.07) is 10.8. The Morgan fingerprint density at radius 1 is 1.17 bits per heavy atom. The summed E-state index contributed by atoms with van der Waals surface area (Å²) in [5.74, 6) is -0.191. The van der Waals surface area contributed by atoms with Crippen molar-refractivity contribution >= 4 is 35.7 Å². The minimum Gasteiger partial charge on any atom is -0.358 e. The molecule has 3 nitrogen and oxygen atoms in total. The van der Waals surface area contributed by atoms with Gasteiger partial charge in [-0.3, -0.25) is 4.98 Å². The van der Waals surface area contributed by atoms with Gasteiger partial charge in [0.15, 0.2) is 0 Å². The fourth-order valence-electron chi connectivity index (χ4n) is 2.61. The molecule has 0 bridgehead atoms. The van der Waals surface area contributed by atoms with Crippen molar-refractivity contribution in [2.45, 2.75) is 19.9 Å². The largest absolute Gasteiger partial charge is 0.358 e. The summed E-state index contributed by atoms with van der Waals surface area (Å²) in [5, 5.41) is 4.36. The van der Waals surface area contributed by atoms with Gasteiger partial charge in [0.1, 0.15) is 5.82 Å². The van der Waals surface area contributed by atoms with Gasteiger partial charge >= 0.3 is 0 Å². The monoisotopic (exact) mass is 355 g/mol. The van der Waals surface area contributed by atoms with Crippen molar-refractivity contribution in [3.63, 3.8) is 0 Å². The van der Waals surface area contributed by atoms with Crippen LogP contribution in [0.25, 0.3) is 10.9 Å². The molecular weight excluding hydrogens is 336 g/mol. The molecule has 23 heavy (non-hydrogen) atoms. The van der Waals surface area contributed by atoms with Crippen LogP contribution in [-0.2, 0) is 13.0 Å². The Labute approximate surface area is 147 Å². The van der Waals surface area contributed by atoms with E-state index in [0.29, 0.717) is 0 Å². The summed E-state index contributed by atoms with van der Waals surface area (Å²) in [7, 11) is 0. The van der Waals surface area contributed by atoms with E-state index in [1.54, 1.807) is 18.3 Å². The molecule has 124 valence electrons. The van der Waals surface area contributed by atoms with Gasteiger partial charge in [0.25, 0.3) is 0 Å². The lowest BCUT2D eigenvalue weighted by Crippen LogP contribution is -2.17. The first-order valence-corrected chi connectivity index (χ1v) is 7.11. The second-order valence-corrected chi connectivity index (χ2v) is 5.17. The summed E-state index contributed by atoms with van der Waals surface area (Å²) in [6.45, 7) is 3.61. The molecule has 2 heterocycles. The highest BCUT2D eigenvalue weighted by atomic mass is 35.5. The number of halogens is 3. The topological polar surface area (TPSA) is 40.7 Å². The van der Waals surface area contributed by atoms with Crippen LogP contribution < -0.4 is 5.32 Å². The summed E-state index contributed by atoms with van der Waals surface area (Å²) < 4.78 is 13.4. The highest BCUT2D eigenvalue weighted by Gasteiger charge is 2.08. The number of fused-ring (bicyclic) bond motifs is 1. The van der Waals surface area contributed by atoms with Crippen LogP contribution in [0.5, 0.6) is 0 Å². The molecule has 0 aliphatic rings. The Bertz CT molecular complexity index is 744. The molecule has 3 aromatic rings. The molecular formula is C17H20Cl2FN3. The summed E-state index contributed by atoms with van der Waals surface area (Å²) in [4.78, 5) is 7.58. The van der Waals surface area contributed by atoms with Crippen LogP contribution >= 0.6 is 24.8 Å². The second kappa shape index (κ2) is 8.87. The number of hydrogen-bond acceptors (Lipinski definition) is 2. The standard InChI is InChI=1S/C17H18FN3.2ClH/c1-12-15(16-10-13(18)5-6-17(16)21-12)7-9-19-11-14-4-2-3-8-20-14;;/h2-6,8,10,19,21H,7,9,11H2,1H3;2*1H. The number of nitrogens with one attached hydrogen (secondary N) is 2. The van der Waals surface area contributed by atoms with Crippen molar-refractivity contribution in [3.05, 3.63) is 65.4 Å². The van der Waals surface area contributed by atoms with Crippen LogP contribution in [0.15, 0.2) is 42.6 Å². The number of benzene rings is 1. The molecule has 0 aliphatic carbocycles. The number of H-pyrrole nitrogens is 1. The van der Waals surface area contributed by atoms with Gasteiger partial charge in [-0.15, -0.1) is 24.8 Å². The van der Waals surface area contributed by atoms with Gasteiger partial charge in [-0.1, -0.05) is 6.07 Å². The van der Waals surface area contributed by atoms with E-state index < -0.39 is 0 Å². The molecule has 0 spiro atoms. The van der Waals surface area contributed by atoms with Gasteiger partial charge in [-0.05, 0) is 55.8 Å². The van der Waals surface area contributed by atoms with E-state index >= 15 is 0 Å². The van der Waals surface area contributed by atoms with Crippen LogP contribution in [0.3, 0.4) is 0 Å². The lowest BCUT2D eigenvalue weighted by molar-refractivity contribution is 0.629. The first-order chi connectivity index (χ1) is 10.2. The average molecular weight is 356 g/mol. The molecule has 0 radical (unpaired) electrons. The van der Waals surface area contributed by atoms with E-state index in [1.165, 1.54) is 11.6 Å². The van der Waals surface area contributed by atoms with Crippen LogP contribution in [0, 0.1) is 12.7 Å². The van der Waals surface area contributed by atoms with Crippen LogP contribution in [-0.4, -0.2) is 16.5 Å². The second-order valence-electron chi connectivity index (χ2n) is 5.17. The molecule has 2 N–H and O–H groups in total. The van der Waals surface area contributed by atoms with E-state index in [0.717, 1.165) is 41.8 Å². The third kappa shape index (κ3) is 4.67. The maximum absolute atomic E-state index is 13.4. The Morgan fingerprint density at radius 2 is 2.00 bits per heavy atom. The molecule has 0 amide bonds. The molecule has 1 aromatic carbocycles. The molecule has 0 atom stereocenters. The molecule has 3 rings (SSSR count). The lowest BCUT2D eigenvalue weighted by Gasteiger charge is -2.05. The smallest absolute Gasteiger partial charge is 0.123 e. The van der Waals surface area contributed by atoms with Gasteiger partial charge in [0.05, 0.1) is 5.69 Å². The summed E-state index contributed by atoms with van der Waals surface area (Å²) in [5.41, 5.74) is 4.31. The Morgan fingerprint density at radius 3 is 2.74 bits per heavy atom. The predicted molar refractivity (Wildman–Crippen MR) is 97.1 cm³/mol. The van der Waals surface area contributed by atoms with Crippen molar-refractivity contribution < 1.29 is 4.39 Å². The van der Waals surface area contributed by atoms with E-state index in [1.807, 2.05) is 25.1 Å². The summed E-state index contributed by atoms with van der Waals surface area (Å²) >= 11 is 0. The Kier molecular flexibility index (Phi) is 7.49. The Balaban J connectivity index is 0.00000132. The SMILES string of the molecule is Cc1[nH]c2ccc(F)cc2c1CCNCc1ccccn1.Cl.Cl. The molecule has 0 saturated heterocycles. The van der Waals surface area contributed by atoms with Crippen molar-refractivity contribution in [1.82, 2.24) is 15.3 Å². The van der Waals surface area contributed by atoms with E-state index in [-0.39, 0.29) is 30.6 Å². The zero-order chi connectivity index (χ0) is 14.7. The van der Waals surface area contributed by atoms with Crippen LogP contribution in [0.1, 0.15) is 17.0 Å². The maximum atomic E-state index is 13.4. The van der Waals surface area contributed by atoms with Crippen LogP contribution in [0.4, 0.5) is 4.39 Å². The summed E-state index contributed by atoms with van der Waals surface area (Å²) in [6.07, 6.45) is 2.66. The normalized spacial score (nSPS) is 10.2. The maximum Gasteiger partial charge on any atom is 0.123 e.